The monoisotopic (exact) mass is 349 g/mol. The zero-order chi connectivity index (χ0) is 15.6. The minimum atomic E-state index is -0.488. The van der Waals surface area contributed by atoms with Crippen LogP contribution in [0.5, 0.6) is 0 Å². The second kappa shape index (κ2) is 5.92. The van der Waals surface area contributed by atoms with Crippen LogP contribution in [-0.2, 0) is 0 Å². The summed E-state index contributed by atoms with van der Waals surface area (Å²) in [5, 5.41) is 13.5. The molecule has 0 aliphatic carbocycles. The SMILES string of the molecule is Cc1ccc(NC(=O)c2cccc(Br)c2N)cc1[N+](=O)[O-]. The van der Waals surface area contributed by atoms with Crippen molar-refractivity contribution in [3.63, 3.8) is 0 Å². The largest absolute Gasteiger partial charge is 0.397 e. The van der Waals surface area contributed by atoms with Crippen LogP contribution >= 0.6 is 15.9 Å². The first-order valence-corrected chi connectivity index (χ1v) is 6.80. The van der Waals surface area contributed by atoms with Gasteiger partial charge < -0.3 is 11.1 Å². The highest BCUT2D eigenvalue weighted by molar-refractivity contribution is 9.10. The van der Waals surface area contributed by atoms with Crippen LogP contribution in [0.3, 0.4) is 0 Å². The van der Waals surface area contributed by atoms with Gasteiger partial charge in [0.15, 0.2) is 0 Å². The number of carbonyl (C=O) groups excluding carboxylic acids is 1. The summed E-state index contributed by atoms with van der Waals surface area (Å²) in [5.41, 5.74) is 7.26. The van der Waals surface area contributed by atoms with Gasteiger partial charge in [-0.25, -0.2) is 0 Å². The van der Waals surface area contributed by atoms with Gasteiger partial charge in [0.1, 0.15) is 0 Å². The van der Waals surface area contributed by atoms with Crippen LogP contribution in [0, 0.1) is 17.0 Å². The van der Waals surface area contributed by atoms with Gasteiger partial charge in [-0.2, -0.15) is 0 Å². The zero-order valence-electron chi connectivity index (χ0n) is 11.1. The summed E-state index contributed by atoms with van der Waals surface area (Å²) < 4.78 is 0.616. The number of nitro benzene ring substituents is 1. The highest BCUT2D eigenvalue weighted by Gasteiger charge is 2.15. The predicted octanol–water partition coefficient (Wildman–Crippen LogP) is 3.50. The van der Waals surface area contributed by atoms with Crippen LogP contribution < -0.4 is 11.1 Å². The number of carbonyl (C=O) groups is 1. The van der Waals surface area contributed by atoms with Gasteiger partial charge in [-0.05, 0) is 41.1 Å². The van der Waals surface area contributed by atoms with Crippen molar-refractivity contribution in [1.29, 1.82) is 0 Å². The topological polar surface area (TPSA) is 98.3 Å². The second-order valence-electron chi connectivity index (χ2n) is 4.41. The number of nitro groups is 1. The van der Waals surface area contributed by atoms with E-state index in [1.165, 1.54) is 6.07 Å². The van der Waals surface area contributed by atoms with Crippen molar-refractivity contribution in [3.8, 4) is 0 Å². The third kappa shape index (κ3) is 3.19. The first-order valence-electron chi connectivity index (χ1n) is 6.00. The molecule has 1 amide bonds. The fourth-order valence-electron chi connectivity index (χ4n) is 1.82. The first-order chi connectivity index (χ1) is 9.90. The number of benzene rings is 2. The number of para-hydroxylation sites is 1. The lowest BCUT2D eigenvalue weighted by Gasteiger charge is -2.09. The maximum Gasteiger partial charge on any atom is 0.274 e. The molecule has 0 aliphatic heterocycles. The van der Waals surface area contributed by atoms with Gasteiger partial charge in [0.05, 0.1) is 16.2 Å². The molecule has 0 heterocycles. The average Bonchev–Trinajstić information content (AvgIpc) is 2.43. The average molecular weight is 350 g/mol. The number of halogens is 1. The number of nitrogens with two attached hydrogens (primary N) is 1. The molecule has 108 valence electrons. The highest BCUT2D eigenvalue weighted by atomic mass is 79.9. The van der Waals surface area contributed by atoms with Crippen molar-refractivity contribution in [1.82, 2.24) is 0 Å². The molecule has 2 aromatic carbocycles. The number of nitrogens with one attached hydrogen (secondary N) is 1. The summed E-state index contributed by atoms with van der Waals surface area (Å²) >= 11 is 3.25. The van der Waals surface area contributed by atoms with Crippen LogP contribution in [0.15, 0.2) is 40.9 Å². The summed E-state index contributed by atoms with van der Waals surface area (Å²) in [6, 6.07) is 9.50. The molecule has 0 radical (unpaired) electrons. The van der Waals surface area contributed by atoms with E-state index in [9.17, 15) is 14.9 Å². The molecule has 0 fully saturated rings. The van der Waals surface area contributed by atoms with Gasteiger partial charge in [0.25, 0.3) is 11.6 Å². The quantitative estimate of drug-likeness (QED) is 0.503. The van der Waals surface area contributed by atoms with Crippen LogP contribution in [0.4, 0.5) is 17.1 Å². The molecule has 0 unspecified atom stereocenters. The Hall–Kier alpha value is -2.41. The van der Waals surface area contributed by atoms with Gasteiger partial charge in [-0.15, -0.1) is 0 Å². The van der Waals surface area contributed by atoms with Crippen molar-refractivity contribution in [2.75, 3.05) is 11.1 Å². The first kappa shape index (κ1) is 15.0. The van der Waals surface area contributed by atoms with Gasteiger partial charge in [0.2, 0.25) is 0 Å². The molecular formula is C14H12BrN3O3. The number of amides is 1. The van der Waals surface area contributed by atoms with Gasteiger partial charge in [0, 0.05) is 21.8 Å². The zero-order valence-corrected chi connectivity index (χ0v) is 12.7. The van der Waals surface area contributed by atoms with Gasteiger partial charge >= 0.3 is 0 Å². The fourth-order valence-corrected chi connectivity index (χ4v) is 2.18. The maximum atomic E-state index is 12.2. The van der Waals surface area contributed by atoms with Crippen molar-refractivity contribution in [3.05, 3.63) is 62.1 Å². The molecule has 0 saturated heterocycles. The van der Waals surface area contributed by atoms with E-state index in [4.69, 9.17) is 5.73 Å². The van der Waals surface area contributed by atoms with E-state index in [0.717, 1.165) is 0 Å². The Labute approximate surface area is 129 Å². The number of nitrogen functional groups attached to an aromatic ring is 1. The van der Waals surface area contributed by atoms with E-state index >= 15 is 0 Å². The van der Waals surface area contributed by atoms with E-state index in [1.54, 1.807) is 37.3 Å². The number of rotatable bonds is 3. The Morgan fingerprint density at radius 1 is 1.33 bits per heavy atom. The number of anilines is 2. The molecule has 0 aromatic heterocycles. The Bertz CT molecular complexity index is 731. The number of aryl methyl sites for hydroxylation is 1. The summed E-state index contributed by atoms with van der Waals surface area (Å²) in [7, 11) is 0. The Kier molecular flexibility index (Phi) is 4.23. The van der Waals surface area contributed by atoms with Crippen molar-refractivity contribution >= 4 is 38.9 Å². The molecule has 2 rings (SSSR count). The fraction of sp³-hybridized carbons (Fsp3) is 0.0714. The molecule has 21 heavy (non-hydrogen) atoms. The molecule has 0 aliphatic rings. The lowest BCUT2D eigenvalue weighted by Crippen LogP contribution is -2.14. The third-order valence-corrected chi connectivity index (χ3v) is 3.65. The smallest absolute Gasteiger partial charge is 0.274 e. The number of nitrogens with zero attached hydrogens (tertiary/aromatic N) is 1. The summed E-state index contributed by atoms with van der Waals surface area (Å²) in [6.45, 7) is 1.63. The van der Waals surface area contributed by atoms with Crippen LogP contribution in [0.2, 0.25) is 0 Å². The highest BCUT2D eigenvalue weighted by Crippen LogP contribution is 2.26. The summed E-state index contributed by atoms with van der Waals surface area (Å²) in [5.74, 6) is -0.424. The van der Waals surface area contributed by atoms with E-state index in [0.29, 0.717) is 27.0 Å². The van der Waals surface area contributed by atoms with Crippen LogP contribution in [0.1, 0.15) is 15.9 Å². The second-order valence-corrected chi connectivity index (χ2v) is 5.27. The molecule has 6 nitrogen and oxygen atoms in total. The lowest BCUT2D eigenvalue weighted by molar-refractivity contribution is -0.385. The summed E-state index contributed by atoms with van der Waals surface area (Å²) in [6.07, 6.45) is 0. The Balaban J connectivity index is 2.30. The molecular weight excluding hydrogens is 338 g/mol. The molecule has 0 atom stereocenters. The van der Waals surface area contributed by atoms with E-state index in [1.807, 2.05) is 0 Å². The maximum absolute atomic E-state index is 12.2. The molecule has 0 spiro atoms. The normalized spacial score (nSPS) is 10.2. The number of hydrogen-bond acceptors (Lipinski definition) is 4. The van der Waals surface area contributed by atoms with Crippen LogP contribution in [0.25, 0.3) is 0 Å². The molecule has 7 heteroatoms. The van der Waals surface area contributed by atoms with E-state index in [-0.39, 0.29) is 5.69 Å². The standard InChI is InChI=1S/C14H12BrN3O3/c1-8-5-6-9(7-12(8)18(20)21)17-14(19)10-3-2-4-11(15)13(10)16/h2-7H,16H2,1H3,(H,17,19). The third-order valence-electron chi connectivity index (χ3n) is 2.96. The van der Waals surface area contributed by atoms with Crippen molar-refractivity contribution in [2.24, 2.45) is 0 Å². The van der Waals surface area contributed by atoms with Gasteiger partial charge in [-0.1, -0.05) is 12.1 Å². The number of hydrogen-bond donors (Lipinski definition) is 2. The van der Waals surface area contributed by atoms with Gasteiger partial charge in [-0.3, -0.25) is 14.9 Å². The summed E-state index contributed by atoms with van der Waals surface area (Å²) in [4.78, 5) is 22.6. The van der Waals surface area contributed by atoms with Crippen molar-refractivity contribution in [2.45, 2.75) is 6.92 Å². The minimum absolute atomic E-state index is 0.0463. The molecule has 3 N–H and O–H groups in total. The van der Waals surface area contributed by atoms with E-state index in [2.05, 4.69) is 21.2 Å². The minimum Gasteiger partial charge on any atom is -0.397 e. The van der Waals surface area contributed by atoms with E-state index < -0.39 is 10.8 Å². The molecule has 2 aromatic rings. The molecule has 0 bridgehead atoms. The Morgan fingerprint density at radius 2 is 2.05 bits per heavy atom. The molecule has 0 saturated carbocycles. The Morgan fingerprint density at radius 3 is 2.71 bits per heavy atom. The lowest BCUT2D eigenvalue weighted by atomic mass is 10.1. The predicted molar refractivity (Wildman–Crippen MR) is 84.3 cm³/mol. The van der Waals surface area contributed by atoms with Crippen molar-refractivity contribution < 1.29 is 9.72 Å². The van der Waals surface area contributed by atoms with Crippen LogP contribution in [-0.4, -0.2) is 10.8 Å².